The average molecular weight is 476 g/mol. The third kappa shape index (κ3) is 4.75. The summed E-state index contributed by atoms with van der Waals surface area (Å²) in [4.78, 5) is 45.0. The minimum atomic E-state index is -0.686. The minimum Gasteiger partial charge on any atom is -0.311 e. The fourth-order valence-corrected chi connectivity index (χ4v) is 4.43. The highest BCUT2D eigenvalue weighted by molar-refractivity contribution is 6.30. The Balaban J connectivity index is 1.52. The van der Waals surface area contributed by atoms with Crippen molar-refractivity contribution in [3.8, 4) is 0 Å². The van der Waals surface area contributed by atoms with Gasteiger partial charge in [-0.2, -0.15) is 0 Å². The maximum atomic E-state index is 12.6. The molecule has 32 heavy (non-hydrogen) atoms. The highest BCUT2D eigenvalue weighted by atomic mass is 35.5. The van der Waals surface area contributed by atoms with Crippen LogP contribution in [0.1, 0.15) is 36.9 Å². The zero-order valence-electron chi connectivity index (χ0n) is 17.5. The number of nitrogens with zero attached hydrogens (tertiary/aromatic N) is 3. The standard InChI is InChI=1S/C23H23Cl2N3O4/c1-15-14-26(23(31)32-28-20(29)10-11-21(28)30)12-13-27(15)22(16-2-6-18(24)7-3-16)17-4-8-19(25)9-5-17/h2-9,15,22H,10-14H2,1H3. The predicted octanol–water partition coefficient (Wildman–Crippen LogP) is 4.29. The van der Waals surface area contributed by atoms with E-state index in [0.29, 0.717) is 34.7 Å². The van der Waals surface area contributed by atoms with Crippen LogP contribution in [0.25, 0.3) is 0 Å². The van der Waals surface area contributed by atoms with E-state index in [9.17, 15) is 14.4 Å². The first kappa shape index (κ1) is 22.6. The molecule has 1 atom stereocenters. The monoisotopic (exact) mass is 475 g/mol. The minimum absolute atomic E-state index is 0.0161. The highest BCUT2D eigenvalue weighted by Gasteiger charge is 2.37. The Kier molecular flexibility index (Phi) is 6.69. The Labute approximate surface area is 196 Å². The van der Waals surface area contributed by atoms with Gasteiger partial charge in [-0.3, -0.25) is 14.5 Å². The number of hydrogen-bond donors (Lipinski definition) is 0. The number of carbonyl (C=O) groups excluding carboxylic acids is 3. The molecular weight excluding hydrogens is 453 g/mol. The van der Waals surface area contributed by atoms with Crippen molar-refractivity contribution in [2.24, 2.45) is 0 Å². The molecule has 0 bridgehead atoms. The van der Waals surface area contributed by atoms with Gasteiger partial charge in [-0.15, -0.1) is 5.06 Å². The molecule has 2 aliphatic rings. The summed E-state index contributed by atoms with van der Waals surface area (Å²) in [5.41, 5.74) is 2.15. The van der Waals surface area contributed by atoms with Crippen molar-refractivity contribution in [3.05, 3.63) is 69.7 Å². The van der Waals surface area contributed by atoms with Gasteiger partial charge in [0.25, 0.3) is 11.8 Å². The number of amides is 3. The molecule has 2 saturated heterocycles. The van der Waals surface area contributed by atoms with Crippen LogP contribution in [0.3, 0.4) is 0 Å². The summed E-state index contributed by atoms with van der Waals surface area (Å²) < 4.78 is 0. The van der Waals surface area contributed by atoms with Crippen molar-refractivity contribution in [2.75, 3.05) is 19.6 Å². The van der Waals surface area contributed by atoms with E-state index in [1.807, 2.05) is 55.5 Å². The summed E-state index contributed by atoms with van der Waals surface area (Å²) in [6.07, 6.45) is -0.546. The van der Waals surface area contributed by atoms with E-state index in [4.69, 9.17) is 28.0 Å². The molecule has 0 saturated carbocycles. The topological polar surface area (TPSA) is 70.2 Å². The Morgan fingerprint density at radius 3 is 1.88 bits per heavy atom. The van der Waals surface area contributed by atoms with Gasteiger partial charge in [0, 0.05) is 48.6 Å². The fraction of sp³-hybridized carbons (Fsp3) is 0.348. The van der Waals surface area contributed by atoms with Crippen LogP contribution in [0.2, 0.25) is 10.0 Å². The quantitative estimate of drug-likeness (QED) is 0.616. The molecule has 0 aliphatic carbocycles. The third-order valence-corrected chi connectivity index (χ3v) is 6.32. The zero-order valence-corrected chi connectivity index (χ0v) is 19.1. The normalized spacial score (nSPS) is 19.7. The lowest BCUT2D eigenvalue weighted by atomic mass is 9.95. The summed E-state index contributed by atoms with van der Waals surface area (Å²) >= 11 is 12.2. The first-order valence-corrected chi connectivity index (χ1v) is 11.2. The summed E-state index contributed by atoms with van der Waals surface area (Å²) in [5.74, 6) is -0.971. The van der Waals surface area contributed by atoms with Gasteiger partial charge in [-0.1, -0.05) is 47.5 Å². The maximum Gasteiger partial charge on any atom is 0.434 e. The largest absolute Gasteiger partial charge is 0.434 e. The summed E-state index contributed by atoms with van der Waals surface area (Å²) in [7, 11) is 0. The predicted molar refractivity (Wildman–Crippen MR) is 120 cm³/mol. The number of rotatable bonds is 4. The fourth-order valence-electron chi connectivity index (χ4n) is 4.18. The molecular formula is C23H23Cl2N3O4. The number of benzene rings is 2. The Hall–Kier alpha value is -2.61. The molecule has 1 unspecified atom stereocenters. The van der Waals surface area contributed by atoms with Crippen LogP contribution >= 0.6 is 23.2 Å². The van der Waals surface area contributed by atoms with Crippen LogP contribution in [0, 0.1) is 0 Å². The number of imide groups is 1. The smallest absolute Gasteiger partial charge is 0.311 e. The second-order valence-electron chi connectivity index (χ2n) is 7.98. The molecule has 9 heteroatoms. The Morgan fingerprint density at radius 2 is 1.41 bits per heavy atom. The number of halogens is 2. The van der Waals surface area contributed by atoms with Crippen molar-refractivity contribution in [1.29, 1.82) is 0 Å². The average Bonchev–Trinajstić information content (AvgIpc) is 3.09. The molecule has 4 rings (SSSR count). The van der Waals surface area contributed by atoms with Crippen molar-refractivity contribution in [3.63, 3.8) is 0 Å². The number of hydroxylamine groups is 2. The lowest BCUT2D eigenvalue weighted by Gasteiger charge is -2.44. The molecule has 2 aliphatic heterocycles. The van der Waals surface area contributed by atoms with E-state index >= 15 is 0 Å². The van der Waals surface area contributed by atoms with Gasteiger partial charge in [0.15, 0.2) is 0 Å². The van der Waals surface area contributed by atoms with Gasteiger partial charge in [-0.25, -0.2) is 4.79 Å². The number of hydrogen-bond acceptors (Lipinski definition) is 5. The molecule has 168 valence electrons. The lowest BCUT2D eigenvalue weighted by molar-refractivity contribution is -0.174. The van der Waals surface area contributed by atoms with Crippen LogP contribution < -0.4 is 0 Å². The van der Waals surface area contributed by atoms with E-state index in [1.165, 1.54) is 4.90 Å². The van der Waals surface area contributed by atoms with E-state index in [-0.39, 0.29) is 24.9 Å². The maximum absolute atomic E-state index is 12.6. The SMILES string of the molecule is CC1CN(C(=O)ON2C(=O)CCC2=O)CCN1C(c1ccc(Cl)cc1)c1ccc(Cl)cc1. The van der Waals surface area contributed by atoms with Crippen LogP contribution in [-0.4, -0.2) is 58.4 Å². The molecule has 2 aromatic carbocycles. The first-order chi connectivity index (χ1) is 15.3. The van der Waals surface area contributed by atoms with Crippen LogP contribution in [0.5, 0.6) is 0 Å². The molecule has 3 amide bonds. The van der Waals surface area contributed by atoms with E-state index < -0.39 is 17.9 Å². The second-order valence-corrected chi connectivity index (χ2v) is 8.85. The van der Waals surface area contributed by atoms with Crippen LogP contribution in [0.4, 0.5) is 4.79 Å². The molecule has 7 nitrogen and oxygen atoms in total. The number of piperazine rings is 1. The summed E-state index contributed by atoms with van der Waals surface area (Å²) in [5, 5.41) is 1.91. The molecule has 2 fully saturated rings. The van der Waals surface area contributed by atoms with Crippen LogP contribution in [-0.2, 0) is 14.4 Å². The van der Waals surface area contributed by atoms with Gasteiger partial charge in [0.1, 0.15) is 0 Å². The lowest BCUT2D eigenvalue weighted by Crippen LogP contribution is -2.55. The molecule has 0 radical (unpaired) electrons. The van der Waals surface area contributed by atoms with Gasteiger partial charge < -0.3 is 9.74 Å². The zero-order chi connectivity index (χ0) is 22.8. The second kappa shape index (κ2) is 9.48. The van der Waals surface area contributed by atoms with Crippen LogP contribution in [0.15, 0.2) is 48.5 Å². The van der Waals surface area contributed by atoms with E-state index in [0.717, 1.165) is 11.1 Å². The summed E-state index contributed by atoms with van der Waals surface area (Å²) in [6, 6.07) is 15.4. The molecule has 2 aromatic rings. The van der Waals surface area contributed by atoms with Gasteiger partial charge in [0.05, 0.1) is 6.04 Å². The van der Waals surface area contributed by atoms with E-state index in [1.54, 1.807) is 0 Å². The Morgan fingerprint density at radius 1 is 0.906 bits per heavy atom. The molecule has 2 heterocycles. The van der Waals surface area contributed by atoms with Gasteiger partial charge in [0.2, 0.25) is 0 Å². The van der Waals surface area contributed by atoms with Crippen molar-refractivity contribution in [1.82, 2.24) is 14.9 Å². The first-order valence-electron chi connectivity index (χ1n) is 10.4. The van der Waals surface area contributed by atoms with Crippen molar-refractivity contribution in [2.45, 2.75) is 31.8 Å². The van der Waals surface area contributed by atoms with E-state index in [2.05, 4.69) is 4.90 Å². The molecule has 0 aromatic heterocycles. The van der Waals surface area contributed by atoms with Crippen molar-refractivity contribution >= 4 is 41.1 Å². The molecule has 0 spiro atoms. The van der Waals surface area contributed by atoms with Gasteiger partial charge in [-0.05, 0) is 42.3 Å². The highest BCUT2D eigenvalue weighted by Crippen LogP contribution is 2.33. The molecule has 0 N–H and O–H groups in total. The number of carbonyl (C=O) groups is 3. The summed E-state index contributed by atoms with van der Waals surface area (Å²) in [6.45, 7) is 3.41. The third-order valence-electron chi connectivity index (χ3n) is 5.82. The van der Waals surface area contributed by atoms with Gasteiger partial charge >= 0.3 is 6.09 Å². The van der Waals surface area contributed by atoms with Crippen molar-refractivity contribution < 1.29 is 19.2 Å². The Bertz CT molecular complexity index is 951.